The van der Waals surface area contributed by atoms with Gasteiger partial charge in [0, 0.05) is 6.04 Å². The maximum Gasteiger partial charge on any atom is 0.234 e. The molecule has 1 heterocycles. The fourth-order valence-electron chi connectivity index (χ4n) is 3.39. The van der Waals surface area contributed by atoms with Crippen LogP contribution in [0.1, 0.15) is 38.5 Å². The molecular weight excluding hydrogens is 202 g/mol. The number of carbonyl (C=O) groups is 1. The lowest BCUT2D eigenvalue weighted by atomic mass is 9.94. The number of nitrogens with zero attached hydrogens (tertiary/aromatic N) is 1. The van der Waals surface area contributed by atoms with Gasteiger partial charge in [-0.05, 0) is 44.7 Å². The number of primary amides is 1. The predicted molar refractivity (Wildman–Crippen MR) is 63.7 cm³/mol. The van der Waals surface area contributed by atoms with Crippen LogP contribution in [0.25, 0.3) is 0 Å². The molecule has 4 nitrogen and oxygen atoms in total. The Morgan fingerprint density at radius 2 is 2.00 bits per heavy atom. The van der Waals surface area contributed by atoms with Crippen molar-refractivity contribution in [2.75, 3.05) is 13.1 Å². The number of likely N-dealkylation sites (tertiary alicyclic amines) is 1. The summed E-state index contributed by atoms with van der Waals surface area (Å²) < 4.78 is 0. The average Bonchev–Trinajstić information content (AvgIpc) is 2.76. The first-order chi connectivity index (χ1) is 7.74. The molecule has 3 atom stereocenters. The van der Waals surface area contributed by atoms with Crippen molar-refractivity contribution in [1.29, 1.82) is 0 Å². The third-order valence-electron chi connectivity index (χ3n) is 4.22. The van der Waals surface area contributed by atoms with Crippen molar-refractivity contribution in [2.24, 2.45) is 17.4 Å². The first-order valence-corrected chi connectivity index (χ1v) is 6.49. The summed E-state index contributed by atoms with van der Waals surface area (Å²) in [5.41, 5.74) is 11.3. The highest BCUT2D eigenvalue weighted by Crippen LogP contribution is 2.33. The molecule has 1 saturated carbocycles. The van der Waals surface area contributed by atoms with Crippen LogP contribution in [0.4, 0.5) is 0 Å². The first kappa shape index (κ1) is 11.9. The standard InChI is InChI=1S/C12H23N3O/c13-8-9-4-3-6-10(9)15-7-2-1-5-11(15)12(14)16/h9-11H,1-8,13H2,(H2,14,16). The Balaban J connectivity index is 2.07. The van der Waals surface area contributed by atoms with Crippen molar-refractivity contribution in [3.63, 3.8) is 0 Å². The number of rotatable bonds is 3. The van der Waals surface area contributed by atoms with Gasteiger partial charge in [0.2, 0.25) is 5.91 Å². The molecular formula is C12H23N3O. The summed E-state index contributed by atoms with van der Waals surface area (Å²) in [6, 6.07) is 0.466. The molecule has 16 heavy (non-hydrogen) atoms. The third kappa shape index (κ3) is 2.23. The second kappa shape index (κ2) is 5.15. The van der Waals surface area contributed by atoms with Crippen LogP contribution in [0, 0.1) is 5.92 Å². The van der Waals surface area contributed by atoms with E-state index in [2.05, 4.69) is 4.90 Å². The summed E-state index contributed by atoms with van der Waals surface area (Å²) >= 11 is 0. The van der Waals surface area contributed by atoms with Crippen LogP contribution in [0.2, 0.25) is 0 Å². The zero-order valence-corrected chi connectivity index (χ0v) is 9.90. The smallest absolute Gasteiger partial charge is 0.234 e. The number of amides is 1. The molecule has 1 aliphatic carbocycles. The molecule has 1 aliphatic heterocycles. The van der Waals surface area contributed by atoms with Gasteiger partial charge in [-0.25, -0.2) is 0 Å². The van der Waals surface area contributed by atoms with Crippen LogP contribution >= 0.6 is 0 Å². The lowest BCUT2D eigenvalue weighted by Crippen LogP contribution is -2.54. The van der Waals surface area contributed by atoms with E-state index in [9.17, 15) is 4.79 Å². The van der Waals surface area contributed by atoms with Gasteiger partial charge in [-0.2, -0.15) is 0 Å². The first-order valence-electron chi connectivity index (χ1n) is 6.49. The number of hydrogen-bond donors (Lipinski definition) is 2. The number of hydrogen-bond acceptors (Lipinski definition) is 3. The van der Waals surface area contributed by atoms with E-state index in [4.69, 9.17) is 11.5 Å². The predicted octanol–water partition coefficient (Wildman–Crippen LogP) is 0.454. The lowest BCUT2D eigenvalue weighted by molar-refractivity contribution is -0.125. The molecule has 2 fully saturated rings. The molecule has 2 rings (SSSR count). The van der Waals surface area contributed by atoms with E-state index < -0.39 is 0 Å². The zero-order valence-electron chi connectivity index (χ0n) is 9.90. The van der Waals surface area contributed by atoms with Crippen molar-refractivity contribution in [3.8, 4) is 0 Å². The van der Waals surface area contributed by atoms with Gasteiger partial charge in [0.15, 0.2) is 0 Å². The molecule has 92 valence electrons. The summed E-state index contributed by atoms with van der Waals surface area (Å²) in [4.78, 5) is 13.8. The third-order valence-corrected chi connectivity index (χ3v) is 4.22. The minimum absolute atomic E-state index is 0.0362. The summed E-state index contributed by atoms with van der Waals surface area (Å²) in [6.07, 6.45) is 6.90. The van der Waals surface area contributed by atoms with Gasteiger partial charge in [0.1, 0.15) is 0 Å². The van der Waals surface area contributed by atoms with Crippen molar-refractivity contribution in [3.05, 3.63) is 0 Å². The normalized spacial score (nSPS) is 36.4. The molecule has 0 aromatic carbocycles. The van der Waals surface area contributed by atoms with Crippen LogP contribution in [-0.4, -0.2) is 36.0 Å². The zero-order chi connectivity index (χ0) is 11.5. The van der Waals surface area contributed by atoms with E-state index in [-0.39, 0.29) is 11.9 Å². The van der Waals surface area contributed by atoms with Crippen molar-refractivity contribution in [2.45, 2.75) is 50.6 Å². The Hall–Kier alpha value is -0.610. The molecule has 0 aromatic heterocycles. The Morgan fingerprint density at radius 3 is 2.69 bits per heavy atom. The summed E-state index contributed by atoms with van der Waals surface area (Å²) in [5.74, 6) is 0.419. The summed E-state index contributed by atoms with van der Waals surface area (Å²) in [5, 5.41) is 0. The lowest BCUT2D eigenvalue weighted by Gasteiger charge is -2.40. The molecule has 4 heteroatoms. The molecule has 0 spiro atoms. The van der Waals surface area contributed by atoms with Crippen molar-refractivity contribution >= 4 is 5.91 Å². The molecule has 2 aliphatic rings. The highest BCUT2D eigenvalue weighted by molar-refractivity contribution is 5.80. The van der Waals surface area contributed by atoms with E-state index in [1.54, 1.807) is 0 Å². The van der Waals surface area contributed by atoms with Gasteiger partial charge in [-0.3, -0.25) is 9.69 Å². The van der Waals surface area contributed by atoms with Crippen LogP contribution in [-0.2, 0) is 4.79 Å². The van der Waals surface area contributed by atoms with Crippen molar-refractivity contribution in [1.82, 2.24) is 4.90 Å². The van der Waals surface area contributed by atoms with Crippen LogP contribution in [0.15, 0.2) is 0 Å². The maximum absolute atomic E-state index is 11.5. The van der Waals surface area contributed by atoms with E-state index in [0.717, 1.165) is 25.9 Å². The summed E-state index contributed by atoms with van der Waals surface area (Å²) in [6.45, 7) is 1.77. The number of nitrogens with two attached hydrogens (primary N) is 2. The van der Waals surface area contributed by atoms with Gasteiger partial charge in [-0.15, -0.1) is 0 Å². The molecule has 4 N–H and O–H groups in total. The second-order valence-corrected chi connectivity index (χ2v) is 5.15. The van der Waals surface area contributed by atoms with E-state index >= 15 is 0 Å². The molecule has 1 saturated heterocycles. The molecule has 0 radical (unpaired) electrons. The molecule has 0 aromatic rings. The topological polar surface area (TPSA) is 72.3 Å². The minimum Gasteiger partial charge on any atom is -0.368 e. The number of carbonyl (C=O) groups excluding carboxylic acids is 1. The van der Waals surface area contributed by atoms with Gasteiger partial charge in [0.05, 0.1) is 6.04 Å². The monoisotopic (exact) mass is 225 g/mol. The molecule has 3 unspecified atom stereocenters. The Morgan fingerprint density at radius 1 is 1.19 bits per heavy atom. The van der Waals surface area contributed by atoms with Gasteiger partial charge < -0.3 is 11.5 Å². The van der Waals surface area contributed by atoms with Gasteiger partial charge in [-0.1, -0.05) is 12.8 Å². The van der Waals surface area contributed by atoms with Crippen molar-refractivity contribution < 1.29 is 4.79 Å². The Labute approximate surface area is 97.3 Å². The summed E-state index contributed by atoms with van der Waals surface area (Å²) in [7, 11) is 0. The van der Waals surface area contributed by atoms with E-state index in [0.29, 0.717) is 12.0 Å². The SMILES string of the molecule is NCC1CCCC1N1CCCCC1C(N)=O. The quantitative estimate of drug-likeness (QED) is 0.732. The fraction of sp³-hybridized carbons (Fsp3) is 0.917. The van der Waals surface area contributed by atoms with Crippen LogP contribution in [0.5, 0.6) is 0 Å². The Kier molecular flexibility index (Phi) is 3.82. The second-order valence-electron chi connectivity index (χ2n) is 5.15. The minimum atomic E-state index is -0.151. The number of piperidine rings is 1. The Bertz CT molecular complexity index is 257. The fourth-order valence-corrected chi connectivity index (χ4v) is 3.39. The average molecular weight is 225 g/mol. The highest BCUT2D eigenvalue weighted by Gasteiger charge is 2.37. The van der Waals surface area contributed by atoms with E-state index in [1.807, 2.05) is 0 Å². The van der Waals surface area contributed by atoms with Crippen LogP contribution in [0.3, 0.4) is 0 Å². The largest absolute Gasteiger partial charge is 0.368 e. The molecule has 0 bridgehead atoms. The molecule has 1 amide bonds. The maximum atomic E-state index is 11.5. The van der Waals surface area contributed by atoms with Gasteiger partial charge in [0.25, 0.3) is 0 Å². The van der Waals surface area contributed by atoms with Gasteiger partial charge >= 0.3 is 0 Å². The van der Waals surface area contributed by atoms with E-state index in [1.165, 1.54) is 25.7 Å². The highest BCUT2D eigenvalue weighted by atomic mass is 16.1. The van der Waals surface area contributed by atoms with Crippen LogP contribution < -0.4 is 11.5 Å².